The van der Waals surface area contributed by atoms with Gasteiger partial charge in [0.1, 0.15) is 0 Å². The van der Waals surface area contributed by atoms with E-state index in [1.54, 1.807) is 7.11 Å². The molecule has 5 nitrogen and oxygen atoms in total. The summed E-state index contributed by atoms with van der Waals surface area (Å²) in [5.41, 5.74) is 6.52. The number of rotatable bonds is 9. The third-order valence-corrected chi connectivity index (χ3v) is 5.22. The first-order valence-electron chi connectivity index (χ1n) is 6.73. The van der Waals surface area contributed by atoms with Crippen molar-refractivity contribution in [3.8, 4) is 0 Å². The van der Waals surface area contributed by atoms with Crippen molar-refractivity contribution in [2.75, 3.05) is 39.1 Å². The molecular weight excluding hydrogens is 276 g/mol. The first-order valence-corrected chi connectivity index (χ1v) is 8.34. The summed E-state index contributed by atoms with van der Waals surface area (Å²) in [5, 5.41) is 0. The molecular formula is C14H24N2O3S. The predicted molar refractivity (Wildman–Crippen MR) is 81.1 cm³/mol. The van der Waals surface area contributed by atoms with Gasteiger partial charge >= 0.3 is 0 Å². The van der Waals surface area contributed by atoms with Crippen LogP contribution in [0.2, 0.25) is 0 Å². The lowest BCUT2D eigenvalue weighted by Gasteiger charge is -2.23. The summed E-state index contributed by atoms with van der Waals surface area (Å²) in [4.78, 5) is 0. The highest BCUT2D eigenvalue weighted by Crippen LogP contribution is 2.18. The van der Waals surface area contributed by atoms with E-state index in [0.29, 0.717) is 26.2 Å². The van der Waals surface area contributed by atoms with Crippen LogP contribution in [0, 0.1) is 0 Å². The van der Waals surface area contributed by atoms with Gasteiger partial charge in [0.15, 0.2) is 0 Å². The second-order valence-corrected chi connectivity index (χ2v) is 6.78. The topological polar surface area (TPSA) is 72.6 Å². The van der Waals surface area contributed by atoms with Crippen molar-refractivity contribution >= 4 is 10.0 Å². The summed E-state index contributed by atoms with van der Waals surface area (Å²) in [5.74, 6) is 0.0322. The minimum atomic E-state index is -3.33. The number of ether oxygens (including phenoxy) is 1. The first-order chi connectivity index (χ1) is 9.51. The normalized spacial score (nSPS) is 13.6. The van der Waals surface area contributed by atoms with Crippen molar-refractivity contribution in [2.24, 2.45) is 5.73 Å². The van der Waals surface area contributed by atoms with Crippen molar-refractivity contribution in [1.82, 2.24) is 4.31 Å². The summed E-state index contributed by atoms with van der Waals surface area (Å²) in [6.07, 6.45) is 0. The molecule has 1 rings (SSSR count). The molecule has 0 aliphatic heterocycles. The van der Waals surface area contributed by atoms with Crippen LogP contribution in [0.15, 0.2) is 30.3 Å². The van der Waals surface area contributed by atoms with Gasteiger partial charge in [-0.15, -0.1) is 0 Å². The Morgan fingerprint density at radius 3 is 2.45 bits per heavy atom. The van der Waals surface area contributed by atoms with Crippen LogP contribution in [-0.2, 0) is 14.8 Å². The predicted octanol–water partition coefficient (Wildman–Crippen LogP) is 1.03. The zero-order chi connectivity index (χ0) is 15.0. The minimum Gasteiger partial charge on any atom is -0.383 e. The second-order valence-electron chi connectivity index (χ2n) is 4.77. The Morgan fingerprint density at radius 2 is 1.90 bits per heavy atom. The summed E-state index contributed by atoms with van der Waals surface area (Å²) in [7, 11) is -1.78. The zero-order valence-electron chi connectivity index (χ0n) is 12.2. The van der Waals surface area contributed by atoms with Gasteiger partial charge in [0, 0.05) is 26.7 Å². The molecule has 0 fully saturated rings. The van der Waals surface area contributed by atoms with E-state index >= 15 is 0 Å². The third kappa shape index (κ3) is 5.20. The van der Waals surface area contributed by atoms with Gasteiger partial charge in [-0.2, -0.15) is 4.31 Å². The quantitative estimate of drug-likeness (QED) is 0.739. The van der Waals surface area contributed by atoms with Crippen molar-refractivity contribution in [3.05, 3.63) is 35.9 Å². The van der Waals surface area contributed by atoms with Gasteiger partial charge in [-0.25, -0.2) is 8.42 Å². The fourth-order valence-corrected chi connectivity index (χ4v) is 3.80. The summed E-state index contributed by atoms with van der Waals surface area (Å²) in [6, 6.07) is 9.65. The number of methoxy groups -OCH3 is 1. The Morgan fingerprint density at radius 1 is 1.25 bits per heavy atom. The van der Waals surface area contributed by atoms with Crippen LogP contribution < -0.4 is 5.73 Å². The van der Waals surface area contributed by atoms with Crippen LogP contribution in [0.5, 0.6) is 0 Å². The zero-order valence-corrected chi connectivity index (χ0v) is 13.0. The van der Waals surface area contributed by atoms with E-state index < -0.39 is 10.0 Å². The van der Waals surface area contributed by atoms with Crippen LogP contribution in [0.1, 0.15) is 18.4 Å². The van der Waals surface area contributed by atoms with Gasteiger partial charge in [-0.05, 0) is 11.5 Å². The number of hydrogen-bond donors (Lipinski definition) is 1. The first kappa shape index (κ1) is 17.1. The summed E-state index contributed by atoms with van der Waals surface area (Å²) in [6.45, 7) is 3.27. The molecule has 20 heavy (non-hydrogen) atoms. The molecule has 0 aliphatic rings. The standard InChI is InChI=1S/C14H24N2O3S/c1-13(14-6-4-3-5-7-14)12-20(17,18)16(9-8-15)10-11-19-2/h3-7,13H,8-12,15H2,1-2H3. The lowest BCUT2D eigenvalue weighted by Crippen LogP contribution is -2.39. The van der Waals surface area contributed by atoms with E-state index in [0.717, 1.165) is 5.56 Å². The second kappa shape index (κ2) is 8.36. The van der Waals surface area contributed by atoms with Crippen LogP contribution in [-0.4, -0.2) is 51.8 Å². The molecule has 0 saturated carbocycles. The van der Waals surface area contributed by atoms with Crippen LogP contribution >= 0.6 is 0 Å². The number of hydrogen-bond acceptors (Lipinski definition) is 4. The minimum absolute atomic E-state index is 0.0518. The van der Waals surface area contributed by atoms with Crippen molar-refractivity contribution < 1.29 is 13.2 Å². The molecule has 0 heterocycles. The lowest BCUT2D eigenvalue weighted by atomic mass is 10.0. The number of nitrogens with two attached hydrogens (primary N) is 1. The lowest BCUT2D eigenvalue weighted by molar-refractivity contribution is 0.179. The molecule has 1 atom stereocenters. The highest BCUT2D eigenvalue weighted by molar-refractivity contribution is 7.89. The van der Waals surface area contributed by atoms with E-state index in [2.05, 4.69) is 0 Å². The molecule has 0 amide bonds. The van der Waals surface area contributed by atoms with Gasteiger partial charge in [-0.1, -0.05) is 37.3 Å². The molecule has 1 aromatic rings. The molecule has 6 heteroatoms. The Labute approximate surface area is 121 Å². The molecule has 1 aromatic carbocycles. The van der Waals surface area contributed by atoms with Crippen molar-refractivity contribution in [3.63, 3.8) is 0 Å². The highest BCUT2D eigenvalue weighted by Gasteiger charge is 2.24. The van der Waals surface area contributed by atoms with E-state index in [1.165, 1.54) is 4.31 Å². The van der Waals surface area contributed by atoms with Gasteiger partial charge in [0.2, 0.25) is 10.0 Å². The van der Waals surface area contributed by atoms with Crippen molar-refractivity contribution in [2.45, 2.75) is 12.8 Å². The molecule has 0 aliphatic carbocycles. The smallest absolute Gasteiger partial charge is 0.214 e. The van der Waals surface area contributed by atoms with E-state index in [1.807, 2.05) is 37.3 Å². The van der Waals surface area contributed by atoms with E-state index in [-0.39, 0.29) is 11.7 Å². The van der Waals surface area contributed by atoms with Crippen LogP contribution in [0.25, 0.3) is 0 Å². The number of nitrogens with zero attached hydrogens (tertiary/aromatic N) is 1. The largest absolute Gasteiger partial charge is 0.383 e. The Balaban J connectivity index is 2.75. The number of benzene rings is 1. The van der Waals surface area contributed by atoms with Gasteiger partial charge in [0.05, 0.1) is 12.4 Å². The van der Waals surface area contributed by atoms with Gasteiger partial charge in [-0.3, -0.25) is 0 Å². The van der Waals surface area contributed by atoms with Gasteiger partial charge in [0.25, 0.3) is 0 Å². The molecule has 0 aromatic heterocycles. The summed E-state index contributed by atoms with van der Waals surface area (Å²) < 4.78 is 31.2. The van der Waals surface area contributed by atoms with E-state index in [9.17, 15) is 8.42 Å². The highest BCUT2D eigenvalue weighted by atomic mass is 32.2. The SMILES string of the molecule is COCCN(CCN)S(=O)(=O)CC(C)c1ccccc1. The molecule has 114 valence electrons. The Kier molecular flexibility index (Phi) is 7.15. The maximum atomic E-state index is 12.4. The van der Waals surface area contributed by atoms with Crippen molar-refractivity contribution in [1.29, 1.82) is 0 Å². The number of sulfonamides is 1. The monoisotopic (exact) mass is 300 g/mol. The Hall–Kier alpha value is -0.950. The van der Waals surface area contributed by atoms with Gasteiger partial charge < -0.3 is 10.5 Å². The average Bonchev–Trinajstić information content (AvgIpc) is 2.43. The molecule has 0 saturated heterocycles. The fourth-order valence-electron chi connectivity index (χ4n) is 2.03. The Bertz CT molecular complexity index is 476. The fraction of sp³-hybridized carbons (Fsp3) is 0.571. The maximum absolute atomic E-state index is 12.4. The molecule has 1 unspecified atom stereocenters. The average molecular weight is 300 g/mol. The molecule has 0 bridgehead atoms. The molecule has 0 spiro atoms. The van der Waals surface area contributed by atoms with Crippen LogP contribution in [0.4, 0.5) is 0 Å². The van der Waals surface area contributed by atoms with Crippen LogP contribution in [0.3, 0.4) is 0 Å². The maximum Gasteiger partial charge on any atom is 0.214 e. The molecule has 2 N–H and O–H groups in total. The summed E-state index contributed by atoms with van der Waals surface area (Å²) >= 11 is 0. The third-order valence-electron chi connectivity index (χ3n) is 3.15. The molecule has 0 radical (unpaired) electrons. The van der Waals surface area contributed by atoms with E-state index in [4.69, 9.17) is 10.5 Å².